The number of carbonyl (C=O) groups is 4. The van der Waals surface area contributed by atoms with E-state index in [1.807, 2.05) is 18.2 Å². The highest BCUT2D eigenvalue weighted by atomic mass is 16.8. The fourth-order valence-electron chi connectivity index (χ4n) is 10.8. The summed E-state index contributed by atoms with van der Waals surface area (Å²) in [5.41, 5.74) is 2.59. The van der Waals surface area contributed by atoms with Gasteiger partial charge < -0.3 is 44.5 Å². The van der Waals surface area contributed by atoms with Crippen LogP contribution in [-0.4, -0.2) is 100 Å². The van der Waals surface area contributed by atoms with Gasteiger partial charge in [0.2, 0.25) is 11.8 Å². The highest BCUT2D eigenvalue weighted by Crippen LogP contribution is 2.61. The van der Waals surface area contributed by atoms with E-state index >= 15 is 0 Å². The van der Waals surface area contributed by atoms with Crippen molar-refractivity contribution in [1.29, 1.82) is 0 Å². The van der Waals surface area contributed by atoms with Crippen LogP contribution in [0.5, 0.6) is 0 Å². The molecule has 2 amide bonds. The third-order valence-electron chi connectivity index (χ3n) is 14.6. The molecule has 5 aliphatic carbocycles. The minimum absolute atomic E-state index is 0.00156. The summed E-state index contributed by atoms with van der Waals surface area (Å²) in [5.74, 6) is -1.61. The van der Waals surface area contributed by atoms with Crippen LogP contribution in [-0.2, 0) is 38.1 Å². The molecule has 0 spiro atoms. The number of ether oxygens (including phenoxy) is 5. The lowest BCUT2D eigenvalue weighted by Gasteiger charge is -2.53. The number of hydrogen-bond donors (Lipinski definition) is 4. The van der Waals surface area contributed by atoms with Crippen molar-refractivity contribution in [3.05, 3.63) is 52.6 Å². The van der Waals surface area contributed by atoms with Gasteiger partial charge in [-0.2, -0.15) is 0 Å². The molecule has 2 heterocycles. The van der Waals surface area contributed by atoms with Gasteiger partial charge in [-0.05, 0) is 140 Å². The summed E-state index contributed by atoms with van der Waals surface area (Å²) < 4.78 is 31.4. The fourth-order valence-corrected chi connectivity index (χ4v) is 10.8. The number of hydrogen-bond acceptors (Lipinski definition) is 11. The molecule has 1 aromatic carbocycles. The molecular weight excluding hydrogens is 793 g/mol. The Morgan fingerprint density at radius 3 is 2.35 bits per heavy atom. The normalized spacial score (nSPS) is 33.0. The second-order valence-corrected chi connectivity index (χ2v) is 21.2. The van der Waals surface area contributed by atoms with Crippen molar-refractivity contribution in [1.82, 2.24) is 10.6 Å². The second kappa shape index (κ2) is 17.1. The average molecular weight is 861 g/mol. The van der Waals surface area contributed by atoms with Gasteiger partial charge in [-0.3, -0.25) is 14.4 Å². The first kappa shape index (κ1) is 45.0. The Labute approximate surface area is 366 Å². The molecule has 1 aromatic rings. The van der Waals surface area contributed by atoms with Gasteiger partial charge in [-0.15, -0.1) is 0 Å². The SMILES string of the molecule is CC(O)C(NC(=O)C1=CC2OC(C3CC3)(C3CC3)OC2C(OC(=O)c2cccc(C=C3CCC4OC4(C)CCC4C3CC4(C)C)c2)C1)C(=O)NC(CO)CCC(=O)OC(C)(C)C. The van der Waals surface area contributed by atoms with E-state index in [-0.39, 0.29) is 47.7 Å². The summed E-state index contributed by atoms with van der Waals surface area (Å²) in [7, 11) is 0. The van der Waals surface area contributed by atoms with Crippen molar-refractivity contribution in [2.75, 3.05) is 6.61 Å². The van der Waals surface area contributed by atoms with E-state index in [1.54, 1.807) is 32.9 Å². The van der Waals surface area contributed by atoms with Crippen molar-refractivity contribution < 1.29 is 53.1 Å². The van der Waals surface area contributed by atoms with E-state index < -0.39 is 78.2 Å². The maximum Gasteiger partial charge on any atom is 0.338 e. The van der Waals surface area contributed by atoms with Crippen LogP contribution < -0.4 is 10.6 Å². The Bertz CT molecular complexity index is 1950. The lowest BCUT2D eigenvalue weighted by atomic mass is 9.52. The number of esters is 2. The Morgan fingerprint density at radius 1 is 0.984 bits per heavy atom. The number of aliphatic hydroxyl groups excluding tert-OH is 2. The topological polar surface area (TPSA) is 182 Å². The monoisotopic (exact) mass is 860 g/mol. The van der Waals surface area contributed by atoms with Gasteiger partial charge in [0.1, 0.15) is 30.0 Å². The standard InChI is InChI=1S/C49H68N2O11/c1-27(53)41(44(56)50-34(26-52)16-18-40(54)61-46(2,3)4)51-43(55)31-23-37(42-38(24-31)59-49(62-42,32-12-13-32)33-14-15-33)58-45(57)30-10-8-9-28(22-30)21-29-11-17-39-48(7,60-39)20-19-36-35(29)25-47(36,5)6/h8-10,21-22,24,27,32-39,41-42,52-53H,11-20,23,25-26H2,1-7H3,(H,50,56)(H,51,55). The third kappa shape index (κ3) is 9.72. The van der Waals surface area contributed by atoms with Crippen molar-refractivity contribution in [2.45, 2.75) is 185 Å². The zero-order valence-corrected chi connectivity index (χ0v) is 37.6. The van der Waals surface area contributed by atoms with Crippen LogP contribution in [0.2, 0.25) is 0 Å². The molecular formula is C49H68N2O11. The Morgan fingerprint density at radius 2 is 1.71 bits per heavy atom. The molecule has 4 N–H and O–H groups in total. The van der Waals surface area contributed by atoms with Gasteiger partial charge in [0.15, 0.2) is 5.79 Å². The van der Waals surface area contributed by atoms with Crippen LogP contribution in [0, 0.1) is 29.1 Å². The summed E-state index contributed by atoms with van der Waals surface area (Å²) in [4.78, 5) is 54.0. The first-order chi connectivity index (χ1) is 29.3. The zero-order valence-electron chi connectivity index (χ0n) is 37.6. The van der Waals surface area contributed by atoms with Crippen molar-refractivity contribution >= 4 is 29.8 Å². The molecule has 10 unspecified atom stereocenters. The first-order valence-corrected chi connectivity index (χ1v) is 23.1. The Hall–Kier alpha value is -3.62. The van der Waals surface area contributed by atoms with Gasteiger partial charge in [0.25, 0.3) is 0 Å². The number of epoxide rings is 1. The molecule has 2 saturated heterocycles. The molecule has 7 aliphatic rings. The average Bonchev–Trinajstić information content (AvgIpc) is 4.12. The number of aliphatic hydroxyl groups is 2. The molecule has 10 atom stereocenters. The molecule has 4 saturated carbocycles. The molecule has 8 rings (SSSR count). The molecule has 0 bridgehead atoms. The summed E-state index contributed by atoms with van der Waals surface area (Å²) in [5, 5.41) is 26.0. The lowest BCUT2D eigenvalue weighted by molar-refractivity contribution is -0.209. The lowest BCUT2D eigenvalue weighted by Crippen LogP contribution is -2.55. The number of nitrogens with one attached hydrogen (secondary N) is 2. The highest BCUT2D eigenvalue weighted by Gasteiger charge is 2.65. The molecule has 13 heteroatoms. The number of carbonyl (C=O) groups excluding carboxylic acids is 4. The highest BCUT2D eigenvalue weighted by molar-refractivity contribution is 5.98. The summed E-state index contributed by atoms with van der Waals surface area (Å²) in [6.07, 6.45) is 10.1. The van der Waals surface area contributed by atoms with Gasteiger partial charge in [-0.25, -0.2) is 4.79 Å². The summed E-state index contributed by atoms with van der Waals surface area (Å²) in [6, 6.07) is 5.32. The van der Waals surface area contributed by atoms with Crippen LogP contribution in [0.4, 0.5) is 0 Å². The number of allylic oxidation sites excluding steroid dienone is 1. The van der Waals surface area contributed by atoms with Gasteiger partial charge in [0, 0.05) is 30.3 Å². The van der Waals surface area contributed by atoms with Gasteiger partial charge in [-0.1, -0.05) is 37.6 Å². The predicted molar refractivity (Wildman–Crippen MR) is 229 cm³/mol. The van der Waals surface area contributed by atoms with Gasteiger partial charge in [0.05, 0.1) is 36.0 Å². The molecule has 2 aliphatic heterocycles. The summed E-state index contributed by atoms with van der Waals surface area (Å²) in [6.45, 7) is 13.2. The minimum Gasteiger partial charge on any atom is -0.460 e. The number of rotatable bonds is 14. The molecule has 62 heavy (non-hydrogen) atoms. The maximum atomic E-state index is 14.2. The smallest absolute Gasteiger partial charge is 0.338 e. The predicted octanol–water partition coefficient (Wildman–Crippen LogP) is 6.08. The molecule has 0 aromatic heterocycles. The van der Waals surface area contributed by atoms with E-state index in [0.29, 0.717) is 23.5 Å². The van der Waals surface area contributed by atoms with E-state index in [4.69, 9.17) is 23.7 Å². The van der Waals surface area contributed by atoms with Crippen LogP contribution in [0.25, 0.3) is 6.08 Å². The Balaban J connectivity index is 0.975. The minimum atomic E-state index is -1.39. The van der Waals surface area contributed by atoms with E-state index in [1.165, 1.54) is 12.5 Å². The first-order valence-electron chi connectivity index (χ1n) is 23.1. The molecule has 0 radical (unpaired) electrons. The van der Waals surface area contributed by atoms with Crippen LogP contribution in [0.1, 0.15) is 141 Å². The third-order valence-corrected chi connectivity index (χ3v) is 14.6. The summed E-state index contributed by atoms with van der Waals surface area (Å²) >= 11 is 0. The number of amides is 2. The number of fused-ring (bicyclic) bond motifs is 3. The largest absolute Gasteiger partial charge is 0.460 e. The van der Waals surface area contributed by atoms with Crippen LogP contribution in [0.3, 0.4) is 0 Å². The van der Waals surface area contributed by atoms with Crippen LogP contribution >= 0.6 is 0 Å². The van der Waals surface area contributed by atoms with E-state index in [0.717, 1.165) is 63.4 Å². The second-order valence-electron chi connectivity index (χ2n) is 21.2. The van der Waals surface area contributed by atoms with Crippen molar-refractivity contribution in [2.24, 2.45) is 29.1 Å². The molecule has 6 fully saturated rings. The Kier molecular flexibility index (Phi) is 12.4. The fraction of sp³-hybridized carbons (Fsp3) is 0.714. The molecule has 340 valence electrons. The van der Waals surface area contributed by atoms with Crippen LogP contribution in [0.15, 0.2) is 41.5 Å². The van der Waals surface area contributed by atoms with Crippen molar-refractivity contribution in [3.8, 4) is 0 Å². The number of benzene rings is 1. The maximum absolute atomic E-state index is 14.2. The quantitative estimate of drug-likeness (QED) is 0.126. The van der Waals surface area contributed by atoms with E-state index in [9.17, 15) is 29.4 Å². The van der Waals surface area contributed by atoms with Gasteiger partial charge >= 0.3 is 11.9 Å². The molecule has 13 nitrogen and oxygen atoms in total. The zero-order chi connectivity index (χ0) is 44.4. The van der Waals surface area contributed by atoms with Crippen molar-refractivity contribution in [3.63, 3.8) is 0 Å². The van der Waals surface area contributed by atoms with E-state index in [2.05, 4.69) is 37.5 Å².